The van der Waals surface area contributed by atoms with Crippen LogP contribution in [0.4, 0.5) is 5.69 Å². The van der Waals surface area contributed by atoms with E-state index in [-0.39, 0.29) is 24.8 Å². The van der Waals surface area contributed by atoms with E-state index >= 15 is 0 Å². The van der Waals surface area contributed by atoms with Crippen LogP contribution >= 0.6 is 22.9 Å². The first kappa shape index (κ1) is 16.5. The molecule has 0 radical (unpaired) electrons. The fraction of sp³-hybridized carbons (Fsp3) is 0.188. The van der Waals surface area contributed by atoms with Gasteiger partial charge in [0.15, 0.2) is 0 Å². The molecule has 0 fully saturated rings. The molecule has 8 heteroatoms. The highest BCUT2D eigenvalue weighted by Crippen LogP contribution is 2.23. The lowest BCUT2D eigenvalue weighted by Gasteiger charge is -2.09. The summed E-state index contributed by atoms with van der Waals surface area (Å²) in [5.74, 6) is -0.542. The van der Waals surface area contributed by atoms with Gasteiger partial charge in [-0.3, -0.25) is 4.79 Å². The van der Waals surface area contributed by atoms with Gasteiger partial charge < -0.3 is 9.73 Å². The van der Waals surface area contributed by atoms with E-state index in [0.29, 0.717) is 10.7 Å². The minimum Gasteiger partial charge on any atom is -0.387 e. The second kappa shape index (κ2) is 7.02. The molecule has 0 saturated carbocycles. The number of hydrogen-bond donors (Lipinski definition) is 1. The van der Waals surface area contributed by atoms with Gasteiger partial charge in [-0.25, -0.2) is 4.79 Å². The molecule has 0 unspecified atom stereocenters. The number of nitrogens with zero attached hydrogens (tertiary/aromatic N) is 2. The lowest BCUT2D eigenvalue weighted by molar-refractivity contribution is -0.116. The van der Waals surface area contributed by atoms with Gasteiger partial charge in [-0.1, -0.05) is 23.7 Å². The van der Waals surface area contributed by atoms with Gasteiger partial charge in [-0.2, -0.15) is 4.68 Å². The summed E-state index contributed by atoms with van der Waals surface area (Å²) in [5.41, 5.74) is 1.45. The molecule has 0 atom stereocenters. The van der Waals surface area contributed by atoms with Gasteiger partial charge in [0.05, 0.1) is 11.4 Å². The van der Waals surface area contributed by atoms with Crippen LogP contribution in [0, 0.1) is 6.92 Å². The van der Waals surface area contributed by atoms with Gasteiger partial charge in [-0.15, -0.1) is 16.4 Å². The summed E-state index contributed by atoms with van der Waals surface area (Å²) >= 11 is 7.45. The molecular weight excluding hydrogens is 350 g/mol. The van der Waals surface area contributed by atoms with Gasteiger partial charge in [0.25, 0.3) is 5.89 Å². The molecule has 1 amide bonds. The van der Waals surface area contributed by atoms with Crippen LogP contribution in [0.15, 0.2) is 44.9 Å². The van der Waals surface area contributed by atoms with Crippen molar-refractivity contribution in [1.29, 1.82) is 0 Å². The minimum absolute atomic E-state index is 0.0995. The molecule has 3 aromatic rings. The molecule has 3 rings (SSSR count). The van der Waals surface area contributed by atoms with Gasteiger partial charge in [0.1, 0.15) is 0 Å². The molecule has 0 aliphatic rings. The van der Waals surface area contributed by atoms with Crippen LogP contribution in [-0.2, 0) is 11.3 Å². The average Bonchev–Trinajstić information content (AvgIpc) is 3.19. The van der Waals surface area contributed by atoms with E-state index in [9.17, 15) is 9.59 Å². The molecule has 1 N–H and O–H groups in total. The number of carbonyl (C=O) groups excluding carboxylic acids is 1. The van der Waals surface area contributed by atoms with Gasteiger partial charge in [-0.05, 0) is 36.1 Å². The van der Waals surface area contributed by atoms with Gasteiger partial charge >= 0.3 is 5.76 Å². The summed E-state index contributed by atoms with van der Waals surface area (Å²) in [6.07, 6.45) is 0.0995. The number of hydrogen-bond acceptors (Lipinski definition) is 5. The van der Waals surface area contributed by atoms with Crippen LogP contribution in [0.3, 0.4) is 0 Å². The van der Waals surface area contributed by atoms with Crippen LogP contribution < -0.4 is 11.1 Å². The predicted octanol–water partition coefficient (Wildman–Crippen LogP) is 3.56. The molecule has 24 heavy (non-hydrogen) atoms. The second-order valence-corrected chi connectivity index (χ2v) is 6.44. The lowest BCUT2D eigenvalue weighted by Crippen LogP contribution is -2.21. The van der Waals surface area contributed by atoms with Crippen LogP contribution in [0.5, 0.6) is 0 Å². The molecule has 0 aliphatic carbocycles. The zero-order valence-electron chi connectivity index (χ0n) is 12.8. The summed E-state index contributed by atoms with van der Waals surface area (Å²) in [4.78, 5) is 24.6. The first-order valence-electron chi connectivity index (χ1n) is 7.21. The van der Waals surface area contributed by atoms with Crippen LogP contribution in [-0.4, -0.2) is 15.7 Å². The van der Waals surface area contributed by atoms with E-state index in [1.165, 1.54) is 11.3 Å². The largest absolute Gasteiger partial charge is 0.437 e. The number of amides is 1. The molecule has 6 nitrogen and oxygen atoms in total. The molecule has 2 heterocycles. The molecule has 0 aliphatic heterocycles. The monoisotopic (exact) mass is 363 g/mol. The third-order valence-electron chi connectivity index (χ3n) is 3.43. The third-order valence-corrected chi connectivity index (χ3v) is 4.70. The number of nitrogens with one attached hydrogen (secondary N) is 1. The summed E-state index contributed by atoms with van der Waals surface area (Å²) in [5, 5.41) is 9.34. The highest BCUT2D eigenvalue weighted by Gasteiger charge is 2.13. The fourth-order valence-corrected chi connectivity index (χ4v) is 2.93. The Hall–Kier alpha value is -2.38. The number of aromatic nitrogens is 2. The molecule has 0 bridgehead atoms. The number of aryl methyl sites for hydroxylation is 1. The Morgan fingerprint density at radius 2 is 2.21 bits per heavy atom. The van der Waals surface area contributed by atoms with Crippen molar-refractivity contribution in [2.45, 2.75) is 19.9 Å². The molecule has 0 saturated heterocycles. The van der Waals surface area contributed by atoms with Crippen molar-refractivity contribution >= 4 is 34.5 Å². The van der Waals surface area contributed by atoms with Crippen molar-refractivity contribution in [3.63, 3.8) is 0 Å². The topological polar surface area (TPSA) is 77.1 Å². The Balaban J connectivity index is 1.64. The molecule has 1 aromatic carbocycles. The number of benzene rings is 1. The van der Waals surface area contributed by atoms with E-state index in [0.717, 1.165) is 15.1 Å². The zero-order chi connectivity index (χ0) is 17.1. The number of anilines is 1. The van der Waals surface area contributed by atoms with E-state index in [4.69, 9.17) is 16.0 Å². The summed E-state index contributed by atoms with van der Waals surface area (Å²) < 4.78 is 6.25. The first-order valence-corrected chi connectivity index (χ1v) is 8.47. The van der Waals surface area contributed by atoms with Crippen LogP contribution in [0.1, 0.15) is 12.0 Å². The van der Waals surface area contributed by atoms with E-state index in [2.05, 4.69) is 10.4 Å². The van der Waals surface area contributed by atoms with Crippen molar-refractivity contribution in [3.8, 4) is 10.8 Å². The van der Waals surface area contributed by atoms with Crippen molar-refractivity contribution in [1.82, 2.24) is 9.78 Å². The van der Waals surface area contributed by atoms with E-state index in [1.807, 2.05) is 24.4 Å². The minimum atomic E-state index is -0.579. The van der Waals surface area contributed by atoms with Crippen LogP contribution in [0.25, 0.3) is 10.8 Å². The maximum absolute atomic E-state index is 12.1. The standard InChI is InChI=1S/C16H14ClN3O3S/c1-10-11(17)4-2-5-12(10)18-14(21)7-8-20-16(22)23-15(19-20)13-6-3-9-24-13/h2-6,9H,7-8H2,1H3,(H,18,21). The lowest BCUT2D eigenvalue weighted by atomic mass is 10.2. The Morgan fingerprint density at radius 1 is 1.38 bits per heavy atom. The first-order chi connectivity index (χ1) is 11.5. The Labute approximate surface area is 146 Å². The Morgan fingerprint density at radius 3 is 2.96 bits per heavy atom. The summed E-state index contributed by atoms with van der Waals surface area (Å²) in [7, 11) is 0. The predicted molar refractivity (Wildman–Crippen MR) is 93.5 cm³/mol. The third kappa shape index (κ3) is 3.58. The fourth-order valence-electron chi connectivity index (χ4n) is 2.11. The quantitative estimate of drug-likeness (QED) is 0.751. The smallest absolute Gasteiger partial charge is 0.387 e. The van der Waals surface area contributed by atoms with Crippen LogP contribution in [0.2, 0.25) is 5.02 Å². The normalized spacial score (nSPS) is 10.8. The Bertz CT molecular complexity index is 915. The van der Waals surface area contributed by atoms with Crippen molar-refractivity contribution < 1.29 is 9.21 Å². The number of halogens is 1. The highest BCUT2D eigenvalue weighted by atomic mass is 35.5. The maximum atomic E-state index is 12.1. The SMILES string of the molecule is Cc1c(Cl)cccc1NC(=O)CCn1nc(-c2cccs2)oc1=O. The number of thiophene rings is 1. The molecule has 124 valence electrons. The summed E-state index contributed by atoms with van der Waals surface area (Å²) in [6, 6.07) is 8.96. The summed E-state index contributed by atoms with van der Waals surface area (Å²) in [6.45, 7) is 1.96. The van der Waals surface area contributed by atoms with Gasteiger partial charge in [0, 0.05) is 17.1 Å². The van der Waals surface area contributed by atoms with Crippen molar-refractivity contribution in [2.24, 2.45) is 0 Å². The number of carbonyl (C=O) groups is 1. The van der Waals surface area contributed by atoms with Gasteiger partial charge in [0.2, 0.25) is 5.91 Å². The van der Waals surface area contributed by atoms with E-state index in [1.54, 1.807) is 18.2 Å². The van der Waals surface area contributed by atoms with Crippen molar-refractivity contribution in [3.05, 3.63) is 56.8 Å². The molecule has 2 aromatic heterocycles. The Kier molecular flexibility index (Phi) is 4.82. The van der Waals surface area contributed by atoms with E-state index < -0.39 is 5.76 Å². The molecule has 0 spiro atoms. The highest BCUT2D eigenvalue weighted by molar-refractivity contribution is 7.13. The second-order valence-electron chi connectivity index (χ2n) is 5.08. The average molecular weight is 364 g/mol. The van der Waals surface area contributed by atoms with Crippen molar-refractivity contribution in [2.75, 3.05) is 5.32 Å². The zero-order valence-corrected chi connectivity index (χ0v) is 14.4. The number of rotatable bonds is 5. The maximum Gasteiger partial charge on any atom is 0.437 e. The molecular formula is C16H14ClN3O3S.